The number of aromatic nitrogens is 3. The maximum absolute atomic E-state index is 14.2. The van der Waals surface area contributed by atoms with Crippen LogP contribution in [0.4, 0.5) is 10.1 Å². The van der Waals surface area contributed by atoms with Crippen molar-refractivity contribution in [2.24, 2.45) is 7.05 Å². The molecular formula is C17H13FN4O3. The first-order chi connectivity index (χ1) is 12.0. The van der Waals surface area contributed by atoms with Crippen molar-refractivity contribution in [1.82, 2.24) is 14.8 Å². The highest BCUT2D eigenvalue weighted by Crippen LogP contribution is 2.23. The fourth-order valence-electron chi connectivity index (χ4n) is 2.75. The second kappa shape index (κ2) is 5.59. The third kappa shape index (κ3) is 2.57. The molecule has 0 aliphatic carbocycles. The Morgan fingerprint density at radius 2 is 2.16 bits per heavy atom. The molecule has 0 saturated heterocycles. The Morgan fingerprint density at radius 3 is 3.00 bits per heavy atom. The number of nitrogens with one attached hydrogen (secondary N) is 2. The van der Waals surface area contributed by atoms with Gasteiger partial charge in [-0.3, -0.25) is 14.5 Å². The molecule has 0 saturated carbocycles. The van der Waals surface area contributed by atoms with Crippen LogP contribution in [0.1, 0.15) is 5.69 Å². The number of carbonyl (C=O) groups excluding carboxylic acids is 1. The average Bonchev–Trinajstić information content (AvgIpc) is 3.11. The number of amides is 1. The number of fused-ring (bicyclic) bond motifs is 2. The summed E-state index contributed by atoms with van der Waals surface area (Å²) < 4.78 is 20.4. The Balaban J connectivity index is 1.61. The first kappa shape index (κ1) is 15.1. The molecular weight excluding hydrogens is 327 g/mol. The number of carbonyl (C=O) groups is 1. The number of oxazole rings is 1. The van der Waals surface area contributed by atoms with Gasteiger partial charge in [-0.05, 0) is 6.07 Å². The molecule has 2 aromatic carbocycles. The van der Waals surface area contributed by atoms with Crippen LogP contribution in [0.3, 0.4) is 0 Å². The third-order valence-corrected chi connectivity index (χ3v) is 4.03. The number of H-pyrrole nitrogens is 1. The van der Waals surface area contributed by atoms with E-state index in [1.807, 2.05) is 24.3 Å². The first-order valence-electron chi connectivity index (χ1n) is 7.54. The fourth-order valence-corrected chi connectivity index (χ4v) is 2.75. The number of aromatic amines is 1. The number of hydrogen-bond acceptors (Lipinski definition) is 4. The van der Waals surface area contributed by atoms with E-state index in [1.54, 1.807) is 0 Å². The van der Waals surface area contributed by atoms with Crippen molar-refractivity contribution >= 4 is 33.6 Å². The molecule has 0 radical (unpaired) electrons. The predicted molar refractivity (Wildman–Crippen MR) is 89.8 cm³/mol. The maximum atomic E-state index is 14.2. The molecule has 4 aromatic rings. The highest BCUT2D eigenvalue weighted by atomic mass is 19.1. The number of hydrogen-bond donors (Lipinski definition) is 2. The van der Waals surface area contributed by atoms with Crippen LogP contribution in [0, 0.1) is 5.82 Å². The molecule has 2 heterocycles. The van der Waals surface area contributed by atoms with Gasteiger partial charge in [0.25, 0.3) is 0 Å². The zero-order valence-corrected chi connectivity index (χ0v) is 13.2. The molecule has 0 fully saturated rings. The van der Waals surface area contributed by atoms with Gasteiger partial charge in [0.2, 0.25) is 5.91 Å². The van der Waals surface area contributed by atoms with Gasteiger partial charge < -0.3 is 9.73 Å². The quantitative estimate of drug-likeness (QED) is 0.599. The van der Waals surface area contributed by atoms with E-state index in [9.17, 15) is 14.0 Å². The van der Waals surface area contributed by atoms with Gasteiger partial charge in [0.1, 0.15) is 5.82 Å². The second-order valence-corrected chi connectivity index (χ2v) is 5.67. The van der Waals surface area contributed by atoms with E-state index in [0.29, 0.717) is 11.2 Å². The first-order valence-corrected chi connectivity index (χ1v) is 7.54. The fraction of sp³-hybridized carbons (Fsp3) is 0.118. The number of aryl methyl sites for hydroxylation is 1. The number of anilines is 1. The van der Waals surface area contributed by atoms with E-state index in [4.69, 9.17) is 4.42 Å². The Bertz CT molecular complexity index is 1170. The van der Waals surface area contributed by atoms with Gasteiger partial charge in [0.15, 0.2) is 5.58 Å². The van der Waals surface area contributed by atoms with E-state index in [0.717, 1.165) is 17.0 Å². The van der Waals surface area contributed by atoms with Crippen LogP contribution in [0.2, 0.25) is 0 Å². The smallest absolute Gasteiger partial charge is 0.408 e. The molecule has 0 atom stereocenters. The van der Waals surface area contributed by atoms with Crippen molar-refractivity contribution in [3.8, 4) is 0 Å². The second-order valence-electron chi connectivity index (χ2n) is 5.67. The molecule has 2 aromatic heterocycles. The molecule has 126 valence electrons. The van der Waals surface area contributed by atoms with Crippen molar-refractivity contribution in [3.63, 3.8) is 0 Å². The van der Waals surface area contributed by atoms with Gasteiger partial charge >= 0.3 is 5.76 Å². The topological polar surface area (TPSA) is 92.9 Å². The Kier molecular flexibility index (Phi) is 3.38. The Morgan fingerprint density at radius 1 is 1.36 bits per heavy atom. The SMILES string of the molecule is Cn1c(=O)oc2cc(NC(=O)Cc3[nH]nc4ccccc34)c(F)cc21. The van der Waals surface area contributed by atoms with Gasteiger partial charge in [-0.15, -0.1) is 0 Å². The van der Waals surface area contributed by atoms with Crippen molar-refractivity contribution in [3.05, 3.63) is 58.5 Å². The van der Waals surface area contributed by atoms with Crippen LogP contribution in [0.15, 0.2) is 45.6 Å². The Hall–Kier alpha value is -3.42. The lowest BCUT2D eigenvalue weighted by Gasteiger charge is -2.06. The minimum atomic E-state index is -0.647. The summed E-state index contributed by atoms with van der Waals surface area (Å²) in [5.41, 5.74) is 1.87. The van der Waals surface area contributed by atoms with E-state index in [-0.39, 0.29) is 17.7 Å². The van der Waals surface area contributed by atoms with Crippen molar-refractivity contribution in [2.45, 2.75) is 6.42 Å². The lowest BCUT2D eigenvalue weighted by Crippen LogP contribution is -2.15. The summed E-state index contributed by atoms with van der Waals surface area (Å²) in [6, 6.07) is 9.84. The lowest BCUT2D eigenvalue weighted by molar-refractivity contribution is -0.115. The number of rotatable bonds is 3. The molecule has 0 spiro atoms. The van der Waals surface area contributed by atoms with Gasteiger partial charge in [-0.25, -0.2) is 9.18 Å². The van der Waals surface area contributed by atoms with Gasteiger partial charge in [-0.2, -0.15) is 5.10 Å². The maximum Gasteiger partial charge on any atom is 0.419 e. The number of para-hydroxylation sites is 1. The van der Waals surface area contributed by atoms with E-state index < -0.39 is 17.5 Å². The molecule has 1 amide bonds. The molecule has 4 rings (SSSR count). The van der Waals surface area contributed by atoms with Crippen molar-refractivity contribution in [1.29, 1.82) is 0 Å². The molecule has 0 unspecified atom stereocenters. The minimum absolute atomic E-state index is 0.0106. The molecule has 0 aliphatic heterocycles. The standard InChI is InChI=1S/C17H13FN4O3/c1-22-14-6-10(18)13(7-15(14)25-17(22)24)19-16(23)8-12-9-4-2-3-5-11(9)20-21-12/h2-7H,8H2,1H3,(H,19,23)(H,20,21). The largest absolute Gasteiger partial charge is 0.419 e. The number of benzene rings is 2. The number of nitrogens with zero attached hydrogens (tertiary/aromatic N) is 2. The van der Waals surface area contributed by atoms with Gasteiger partial charge in [0.05, 0.1) is 28.8 Å². The normalized spacial score (nSPS) is 11.3. The highest BCUT2D eigenvalue weighted by molar-refractivity contribution is 5.96. The molecule has 0 aliphatic rings. The lowest BCUT2D eigenvalue weighted by atomic mass is 10.1. The summed E-state index contributed by atoms with van der Waals surface area (Å²) in [6.45, 7) is 0. The summed E-state index contributed by atoms with van der Waals surface area (Å²) in [7, 11) is 1.48. The summed E-state index contributed by atoms with van der Waals surface area (Å²) in [5.74, 6) is -1.65. The summed E-state index contributed by atoms with van der Waals surface area (Å²) in [5, 5.41) is 10.3. The van der Waals surface area contributed by atoms with E-state index in [2.05, 4.69) is 15.5 Å². The van der Waals surface area contributed by atoms with Crippen molar-refractivity contribution < 1.29 is 13.6 Å². The van der Waals surface area contributed by atoms with Crippen LogP contribution in [-0.4, -0.2) is 20.7 Å². The predicted octanol–water partition coefficient (Wildman–Crippen LogP) is 2.33. The molecule has 7 nitrogen and oxygen atoms in total. The third-order valence-electron chi connectivity index (χ3n) is 4.03. The van der Waals surface area contributed by atoms with Crippen LogP contribution in [0.25, 0.3) is 22.0 Å². The number of halogens is 1. The van der Waals surface area contributed by atoms with Crippen LogP contribution in [-0.2, 0) is 18.3 Å². The molecule has 0 bridgehead atoms. The van der Waals surface area contributed by atoms with E-state index >= 15 is 0 Å². The molecule has 25 heavy (non-hydrogen) atoms. The molecule has 8 heteroatoms. The summed E-state index contributed by atoms with van der Waals surface area (Å²) in [4.78, 5) is 23.8. The Labute approximate surface area is 140 Å². The summed E-state index contributed by atoms with van der Waals surface area (Å²) >= 11 is 0. The minimum Gasteiger partial charge on any atom is -0.408 e. The van der Waals surface area contributed by atoms with Crippen LogP contribution in [0.5, 0.6) is 0 Å². The van der Waals surface area contributed by atoms with Crippen molar-refractivity contribution in [2.75, 3.05) is 5.32 Å². The highest BCUT2D eigenvalue weighted by Gasteiger charge is 2.15. The zero-order valence-electron chi connectivity index (χ0n) is 13.2. The van der Waals surface area contributed by atoms with Gasteiger partial charge in [0, 0.05) is 24.6 Å². The molecule has 2 N–H and O–H groups in total. The van der Waals surface area contributed by atoms with Crippen LogP contribution < -0.4 is 11.1 Å². The zero-order chi connectivity index (χ0) is 17.6. The van der Waals surface area contributed by atoms with Crippen LogP contribution >= 0.6 is 0 Å². The van der Waals surface area contributed by atoms with E-state index in [1.165, 1.54) is 17.7 Å². The monoisotopic (exact) mass is 340 g/mol. The van der Waals surface area contributed by atoms with Gasteiger partial charge in [-0.1, -0.05) is 18.2 Å². The summed E-state index contributed by atoms with van der Waals surface area (Å²) in [6.07, 6.45) is 0.0106. The average molecular weight is 340 g/mol.